The molecule has 2 heterocycles. The molecule has 0 radical (unpaired) electrons. The fourth-order valence-corrected chi connectivity index (χ4v) is 3.01. The van der Waals surface area contributed by atoms with Crippen molar-refractivity contribution in [3.8, 4) is 11.4 Å². The van der Waals surface area contributed by atoms with Crippen LogP contribution in [0.1, 0.15) is 32.9 Å². The summed E-state index contributed by atoms with van der Waals surface area (Å²) in [4.78, 5) is 20.8. The van der Waals surface area contributed by atoms with Gasteiger partial charge >= 0.3 is 12.5 Å². The van der Waals surface area contributed by atoms with E-state index in [1.807, 2.05) is 0 Å². The molecule has 0 saturated heterocycles. The van der Waals surface area contributed by atoms with E-state index in [2.05, 4.69) is 20.0 Å². The van der Waals surface area contributed by atoms with E-state index in [9.17, 15) is 41.4 Å². The first-order chi connectivity index (χ1) is 15.9. The highest BCUT2D eigenvalue weighted by Crippen LogP contribution is 2.34. The summed E-state index contributed by atoms with van der Waals surface area (Å²) in [5.41, 5.74) is -4.21. The summed E-state index contributed by atoms with van der Waals surface area (Å²) in [5.74, 6) is -2.08. The Morgan fingerprint density at radius 3 is 2.09 bits per heavy atom. The van der Waals surface area contributed by atoms with Gasteiger partial charge in [0.25, 0.3) is 0 Å². The summed E-state index contributed by atoms with van der Waals surface area (Å²) in [6, 6.07) is 7.21. The summed E-state index contributed by atoms with van der Waals surface area (Å²) >= 11 is 0. The fraction of sp³-hybridized carbons (Fsp3) is 0.381. The van der Waals surface area contributed by atoms with Gasteiger partial charge in [-0.2, -0.15) is 13.2 Å². The second kappa shape index (κ2) is 8.68. The number of carbonyl (C=O) groups is 1. The predicted molar refractivity (Wildman–Crippen MR) is 111 cm³/mol. The van der Waals surface area contributed by atoms with Crippen molar-refractivity contribution in [3.05, 3.63) is 42.1 Å². The predicted octanol–water partition coefficient (Wildman–Crippen LogP) is 4.19. The third-order valence-electron chi connectivity index (χ3n) is 4.83. The summed E-state index contributed by atoms with van der Waals surface area (Å²) in [6.07, 6.45) is -11.4. The third kappa shape index (κ3) is 6.00. The van der Waals surface area contributed by atoms with Crippen molar-refractivity contribution in [2.45, 2.75) is 50.9 Å². The van der Waals surface area contributed by atoms with Crippen LogP contribution in [-0.4, -0.2) is 48.8 Å². The molecule has 3 aromatic rings. The smallest absolute Gasteiger partial charge is 0.406 e. The Hall–Kier alpha value is -3.39. The van der Waals surface area contributed by atoms with Crippen molar-refractivity contribution in [1.82, 2.24) is 14.5 Å². The summed E-state index contributed by atoms with van der Waals surface area (Å²) in [6.45, 7) is 3.34. The minimum atomic E-state index is -5.08. The number of carbonyl (C=O) groups excluding carboxylic acids is 1. The zero-order chi connectivity index (χ0) is 26.4. The van der Waals surface area contributed by atoms with Gasteiger partial charge in [-0.3, -0.25) is 14.7 Å². The van der Waals surface area contributed by atoms with Crippen LogP contribution in [0.5, 0.6) is 5.75 Å². The molecule has 1 aromatic carbocycles. The highest BCUT2D eigenvalue weighted by atomic mass is 19.4. The van der Waals surface area contributed by atoms with Crippen LogP contribution in [0.4, 0.5) is 32.3 Å². The Labute approximate surface area is 194 Å². The molecule has 0 spiro atoms. The molecule has 0 bridgehead atoms. The molecule has 1 atom stereocenters. The van der Waals surface area contributed by atoms with Crippen molar-refractivity contribution in [3.63, 3.8) is 0 Å². The first kappa shape index (κ1) is 26.2. The molecule has 8 nitrogen and oxygen atoms in total. The first-order valence-corrected chi connectivity index (χ1v) is 9.95. The molecular formula is C21H20F6N4O4. The minimum absolute atomic E-state index is 0.0481. The van der Waals surface area contributed by atoms with Crippen LogP contribution in [0.25, 0.3) is 16.9 Å². The molecule has 0 fully saturated rings. The number of nitrogens with zero attached hydrogens (tertiary/aromatic N) is 3. The number of fused-ring (bicyclic) bond motifs is 1. The van der Waals surface area contributed by atoms with Crippen molar-refractivity contribution in [2.24, 2.45) is 0 Å². The second-order valence-electron chi connectivity index (χ2n) is 8.41. The number of hydrogen-bond acceptors (Lipinski definition) is 6. The molecule has 35 heavy (non-hydrogen) atoms. The van der Waals surface area contributed by atoms with Crippen LogP contribution < -0.4 is 10.1 Å². The molecule has 3 rings (SSSR count). The Morgan fingerprint density at radius 2 is 1.57 bits per heavy atom. The standard InChI is InChI=1S/C21H20F6N4O4/c1-18(2,33)14-9-8-13-16(29-14)31(11-4-6-12(7-5-11)35-21(25,26)27)17(28-13)30-15(32)10-19(3,34)20(22,23)24/h4-9,33-34H,10H2,1-3H3,(H,28,30,32)/t19-/m1/s1. The molecule has 3 N–H and O–H groups in total. The molecule has 190 valence electrons. The van der Waals surface area contributed by atoms with Gasteiger partial charge in [0, 0.05) is 0 Å². The number of amides is 1. The van der Waals surface area contributed by atoms with E-state index in [4.69, 9.17) is 0 Å². The number of aliphatic hydroxyl groups is 2. The van der Waals surface area contributed by atoms with E-state index in [1.165, 1.54) is 42.7 Å². The zero-order valence-electron chi connectivity index (χ0n) is 18.5. The lowest BCUT2D eigenvalue weighted by Gasteiger charge is -2.25. The lowest BCUT2D eigenvalue weighted by Crippen LogP contribution is -2.45. The minimum Gasteiger partial charge on any atom is -0.406 e. The lowest BCUT2D eigenvalue weighted by atomic mass is 10.0. The number of anilines is 1. The summed E-state index contributed by atoms with van der Waals surface area (Å²) < 4.78 is 81.4. The molecule has 14 heteroatoms. The third-order valence-corrected chi connectivity index (χ3v) is 4.83. The molecule has 0 aliphatic carbocycles. The van der Waals surface area contributed by atoms with Gasteiger partial charge in [-0.15, -0.1) is 13.2 Å². The lowest BCUT2D eigenvalue weighted by molar-refractivity contribution is -0.274. The normalized spacial score (nSPS) is 14.6. The number of ether oxygens (including phenoxy) is 1. The SMILES string of the molecule is CC(C)(O)c1ccc2nc(NC(=O)C[C@@](C)(O)C(F)(F)F)n(-c3ccc(OC(F)(F)F)cc3)c2n1. The molecule has 0 aliphatic heterocycles. The van der Waals surface area contributed by atoms with Crippen LogP contribution >= 0.6 is 0 Å². The number of alkyl halides is 6. The average Bonchev–Trinajstić information content (AvgIpc) is 3.02. The molecule has 0 aliphatic rings. The monoisotopic (exact) mass is 506 g/mol. The highest BCUT2D eigenvalue weighted by molar-refractivity contribution is 5.92. The Kier molecular flexibility index (Phi) is 6.50. The van der Waals surface area contributed by atoms with Gasteiger partial charge in [-0.1, -0.05) is 0 Å². The fourth-order valence-electron chi connectivity index (χ4n) is 3.01. The number of hydrogen-bond donors (Lipinski definition) is 3. The zero-order valence-corrected chi connectivity index (χ0v) is 18.5. The van der Waals surface area contributed by atoms with Gasteiger partial charge in [0.2, 0.25) is 11.9 Å². The van der Waals surface area contributed by atoms with E-state index in [0.717, 1.165) is 12.1 Å². The molecule has 0 unspecified atom stereocenters. The number of benzene rings is 1. The molecule has 1 amide bonds. The maximum Gasteiger partial charge on any atom is 0.573 e. The van der Waals surface area contributed by atoms with Crippen LogP contribution in [0, 0.1) is 0 Å². The molecule has 0 saturated carbocycles. The Balaban J connectivity index is 2.08. The van der Waals surface area contributed by atoms with Crippen LogP contribution in [0.2, 0.25) is 0 Å². The van der Waals surface area contributed by atoms with E-state index in [0.29, 0.717) is 6.92 Å². The van der Waals surface area contributed by atoms with Gasteiger partial charge in [-0.05, 0) is 57.2 Å². The van der Waals surface area contributed by atoms with Crippen LogP contribution in [-0.2, 0) is 10.4 Å². The number of pyridine rings is 1. The second-order valence-corrected chi connectivity index (χ2v) is 8.41. The quantitative estimate of drug-likeness (QED) is 0.433. The Bertz CT molecular complexity index is 1230. The summed E-state index contributed by atoms with van der Waals surface area (Å²) in [5, 5.41) is 22.1. The van der Waals surface area contributed by atoms with Crippen molar-refractivity contribution >= 4 is 23.0 Å². The number of nitrogens with one attached hydrogen (secondary N) is 1. The van der Waals surface area contributed by atoms with Gasteiger partial charge in [0.1, 0.15) is 16.9 Å². The van der Waals surface area contributed by atoms with Crippen molar-refractivity contribution in [2.75, 3.05) is 5.32 Å². The summed E-state index contributed by atoms with van der Waals surface area (Å²) in [7, 11) is 0. The maximum absolute atomic E-state index is 13.0. The molecular weight excluding hydrogens is 486 g/mol. The van der Waals surface area contributed by atoms with E-state index < -0.39 is 41.8 Å². The highest BCUT2D eigenvalue weighted by Gasteiger charge is 2.51. The van der Waals surface area contributed by atoms with Gasteiger partial charge in [-0.25, -0.2) is 9.97 Å². The Morgan fingerprint density at radius 1 is 0.971 bits per heavy atom. The van der Waals surface area contributed by atoms with Gasteiger partial charge in [0.15, 0.2) is 11.2 Å². The molecule has 2 aromatic heterocycles. The van der Waals surface area contributed by atoms with Crippen LogP contribution in [0.15, 0.2) is 36.4 Å². The van der Waals surface area contributed by atoms with Crippen molar-refractivity contribution < 1.29 is 46.1 Å². The number of halogens is 6. The first-order valence-electron chi connectivity index (χ1n) is 9.95. The van der Waals surface area contributed by atoms with Crippen LogP contribution in [0.3, 0.4) is 0 Å². The van der Waals surface area contributed by atoms with Gasteiger partial charge in [0.05, 0.1) is 17.8 Å². The topological polar surface area (TPSA) is 110 Å². The van der Waals surface area contributed by atoms with E-state index in [-0.39, 0.29) is 28.5 Å². The van der Waals surface area contributed by atoms with E-state index in [1.54, 1.807) is 0 Å². The average molecular weight is 506 g/mol. The van der Waals surface area contributed by atoms with Crippen molar-refractivity contribution in [1.29, 1.82) is 0 Å². The largest absolute Gasteiger partial charge is 0.573 e. The number of aromatic nitrogens is 3. The number of imidazole rings is 1. The van der Waals surface area contributed by atoms with E-state index >= 15 is 0 Å². The number of rotatable bonds is 6. The van der Waals surface area contributed by atoms with Gasteiger partial charge < -0.3 is 14.9 Å². The maximum atomic E-state index is 13.0.